The van der Waals surface area contributed by atoms with E-state index in [0.717, 1.165) is 47.8 Å². The summed E-state index contributed by atoms with van der Waals surface area (Å²) >= 11 is 6.16. The Bertz CT molecular complexity index is 1430. The van der Waals surface area contributed by atoms with Gasteiger partial charge in [0.15, 0.2) is 0 Å². The highest BCUT2D eigenvalue weighted by atomic mass is 35.5. The van der Waals surface area contributed by atoms with Crippen LogP contribution in [0.5, 0.6) is 0 Å². The number of carbonyl (C=O) groups is 1. The summed E-state index contributed by atoms with van der Waals surface area (Å²) in [6, 6.07) is 9.45. The SMILES string of the molecule is Cc1nc(N2C[C@@H]3C[C@]3(N)C2)ccc1Cn1cc(C(=O)NCc2cc(Cl)ccc2-n2cnnn2)cn1. The lowest BCUT2D eigenvalue weighted by molar-refractivity contribution is 0.0951. The Labute approximate surface area is 212 Å². The molecule has 12 heteroatoms. The molecule has 6 rings (SSSR count). The summed E-state index contributed by atoms with van der Waals surface area (Å²) < 4.78 is 3.27. The maximum Gasteiger partial charge on any atom is 0.254 e. The standard InChI is InChI=1S/C24H25ClN10O/c1-15-16(2-5-22(30-15)33-12-19-7-24(19,26)13-33)10-34-11-18(9-29-34)23(36)27-8-17-6-20(25)3-4-21(17)35-14-28-31-32-35/h2-6,9,11,14,19H,7-8,10,12-13,26H2,1H3,(H,27,36)/t19-,24-/m0/s1. The number of nitrogens with zero attached hydrogens (tertiary/aromatic N) is 8. The van der Waals surface area contributed by atoms with Gasteiger partial charge in [-0.05, 0) is 65.1 Å². The molecule has 0 spiro atoms. The normalized spacial score (nSPS) is 20.4. The van der Waals surface area contributed by atoms with E-state index in [1.54, 1.807) is 35.3 Å². The number of tetrazole rings is 1. The van der Waals surface area contributed by atoms with Gasteiger partial charge in [-0.25, -0.2) is 9.67 Å². The fourth-order valence-electron chi connectivity index (χ4n) is 4.83. The summed E-state index contributed by atoms with van der Waals surface area (Å²) in [5, 5.41) is 19.1. The van der Waals surface area contributed by atoms with Crippen molar-refractivity contribution in [2.75, 3.05) is 18.0 Å². The number of carbonyl (C=O) groups excluding carboxylic acids is 1. The van der Waals surface area contributed by atoms with E-state index in [-0.39, 0.29) is 18.0 Å². The molecule has 1 aliphatic heterocycles. The number of nitrogens with one attached hydrogen (secondary N) is 1. The Morgan fingerprint density at radius 2 is 2.17 bits per heavy atom. The molecule has 4 heterocycles. The van der Waals surface area contributed by atoms with Crippen LogP contribution in [0.1, 0.15) is 33.6 Å². The van der Waals surface area contributed by atoms with E-state index in [1.807, 2.05) is 13.0 Å². The Morgan fingerprint density at radius 1 is 1.28 bits per heavy atom. The van der Waals surface area contributed by atoms with Gasteiger partial charge in [-0.3, -0.25) is 9.48 Å². The molecule has 4 aromatic rings. The average Bonchev–Trinajstić information content (AvgIpc) is 3.35. The zero-order valence-corrected chi connectivity index (χ0v) is 20.4. The van der Waals surface area contributed by atoms with E-state index >= 15 is 0 Å². The van der Waals surface area contributed by atoms with Gasteiger partial charge in [0.2, 0.25) is 0 Å². The third-order valence-corrected chi connectivity index (χ3v) is 7.25. The van der Waals surface area contributed by atoms with Crippen LogP contribution in [0.2, 0.25) is 5.02 Å². The summed E-state index contributed by atoms with van der Waals surface area (Å²) in [7, 11) is 0. The van der Waals surface area contributed by atoms with Gasteiger partial charge in [0.05, 0.1) is 24.0 Å². The predicted octanol–water partition coefficient (Wildman–Crippen LogP) is 1.73. The molecule has 2 aliphatic rings. The number of pyridine rings is 1. The van der Waals surface area contributed by atoms with Crippen LogP contribution < -0.4 is 16.0 Å². The van der Waals surface area contributed by atoms with Crippen molar-refractivity contribution in [3.8, 4) is 5.69 Å². The van der Waals surface area contributed by atoms with E-state index in [1.165, 1.54) is 11.0 Å². The van der Waals surface area contributed by atoms with Gasteiger partial charge < -0.3 is 16.0 Å². The van der Waals surface area contributed by atoms with E-state index in [4.69, 9.17) is 22.3 Å². The second-order valence-corrected chi connectivity index (χ2v) is 10.0. The number of fused-ring (bicyclic) bond motifs is 1. The number of piperidine rings is 1. The number of anilines is 1. The second kappa shape index (κ2) is 8.68. The Balaban J connectivity index is 1.10. The maximum absolute atomic E-state index is 12.8. The van der Waals surface area contributed by atoms with Crippen molar-refractivity contribution in [2.24, 2.45) is 11.7 Å². The summed E-state index contributed by atoms with van der Waals surface area (Å²) in [5.41, 5.74) is 10.3. The van der Waals surface area contributed by atoms with E-state index in [0.29, 0.717) is 23.0 Å². The topological polar surface area (TPSA) is 133 Å². The molecule has 2 fully saturated rings. The van der Waals surface area contributed by atoms with Crippen LogP contribution in [-0.4, -0.2) is 59.5 Å². The lowest BCUT2D eigenvalue weighted by Gasteiger charge is -2.21. The number of benzene rings is 1. The van der Waals surface area contributed by atoms with Crippen molar-refractivity contribution in [2.45, 2.75) is 32.0 Å². The van der Waals surface area contributed by atoms with Gasteiger partial charge in [0, 0.05) is 42.1 Å². The number of aromatic nitrogens is 7. The molecule has 36 heavy (non-hydrogen) atoms. The van der Waals surface area contributed by atoms with Gasteiger partial charge in [0.1, 0.15) is 12.1 Å². The molecule has 2 atom stereocenters. The molecule has 0 unspecified atom stereocenters. The van der Waals surface area contributed by atoms with Gasteiger partial charge in [-0.15, -0.1) is 5.10 Å². The van der Waals surface area contributed by atoms with Gasteiger partial charge in [0.25, 0.3) is 5.91 Å². The average molecular weight is 505 g/mol. The lowest BCUT2D eigenvalue weighted by atomic mass is 10.1. The molecular weight excluding hydrogens is 480 g/mol. The first kappa shape index (κ1) is 22.6. The second-order valence-electron chi connectivity index (χ2n) is 9.57. The summed E-state index contributed by atoms with van der Waals surface area (Å²) in [6.07, 6.45) is 5.90. The first-order valence-electron chi connectivity index (χ1n) is 11.7. The summed E-state index contributed by atoms with van der Waals surface area (Å²) in [5.74, 6) is 1.33. The molecule has 1 saturated heterocycles. The third-order valence-electron chi connectivity index (χ3n) is 7.01. The molecule has 3 N–H and O–H groups in total. The van der Waals surface area contributed by atoms with Gasteiger partial charge >= 0.3 is 0 Å². The minimum atomic E-state index is -0.239. The zero-order chi connectivity index (χ0) is 24.9. The minimum Gasteiger partial charge on any atom is -0.354 e. The van der Waals surface area contributed by atoms with Crippen LogP contribution in [0.4, 0.5) is 5.82 Å². The van der Waals surface area contributed by atoms with Crippen molar-refractivity contribution in [3.63, 3.8) is 0 Å². The maximum atomic E-state index is 12.8. The van der Waals surface area contributed by atoms with Gasteiger partial charge in [-0.2, -0.15) is 5.10 Å². The first-order valence-corrected chi connectivity index (χ1v) is 12.1. The van der Waals surface area contributed by atoms with Crippen molar-refractivity contribution in [3.05, 3.63) is 76.5 Å². The molecule has 1 amide bonds. The molecule has 11 nitrogen and oxygen atoms in total. The lowest BCUT2D eigenvalue weighted by Crippen LogP contribution is -2.33. The number of hydrogen-bond donors (Lipinski definition) is 2. The van der Waals surface area contributed by atoms with E-state index in [2.05, 4.69) is 36.9 Å². The minimum absolute atomic E-state index is 0.0117. The summed E-state index contributed by atoms with van der Waals surface area (Å²) in [4.78, 5) is 19.9. The van der Waals surface area contributed by atoms with Crippen LogP contribution in [0.25, 0.3) is 5.69 Å². The molecule has 0 radical (unpaired) electrons. The Kier molecular flexibility index (Phi) is 5.45. The third kappa shape index (κ3) is 4.31. The molecule has 184 valence electrons. The van der Waals surface area contributed by atoms with E-state index in [9.17, 15) is 4.79 Å². The summed E-state index contributed by atoms with van der Waals surface area (Å²) in [6.45, 7) is 4.62. The highest BCUT2D eigenvalue weighted by Crippen LogP contribution is 2.48. The Hall–Kier alpha value is -3.83. The number of amides is 1. The van der Waals surface area contributed by atoms with Crippen LogP contribution in [0, 0.1) is 12.8 Å². The quantitative estimate of drug-likeness (QED) is 0.389. The van der Waals surface area contributed by atoms with Crippen LogP contribution in [0.3, 0.4) is 0 Å². The molecule has 1 saturated carbocycles. The van der Waals surface area contributed by atoms with Gasteiger partial charge in [-0.1, -0.05) is 17.7 Å². The van der Waals surface area contributed by atoms with Crippen molar-refractivity contribution in [1.29, 1.82) is 0 Å². The molecular formula is C24H25ClN10O. The predicted molar refractivity (Wildman–Crippen MR) is 133 cm³/mol. The number of aryl methyl sites for hydroxylation is 1. The molecule has 1 aromatic carbocycles. The number of rotatable bonds is 7. The highest BCUT2D eigenvalue weighted by Gasteiger charge is 2.57. The highest BCUT2D eigenvalue weighted by molar-refractivity contribution is 6.30. The monoisotopic (exact) mass is 504 g/mol. The van der Waals surface area contributed by atoms with Crippen LogP contribution in [-0.2, 0) is 13.1 Å². The molecule has 3 aromatic heterocycles. The molecule has 1 aliphatic carbocycles. The number of hydrogen-bond acceptors (Lipinski definition) is 8. The number of halogens is 1. The van der Waals surface area contributed by atoms with Crippen molar-refractivity contribution >= 4 is 23.3 Å². The fourth-order valence-corrected chi connectivity index (χ4v) is 5.03. The largest absolute Gasteiger partial charge is 0.354 e. The van der Waals surface area contributed by atoms with E-state index < -0.39 is 0 Å². The fraction of sp³-hybridized carbons (Fsp3) is 0.333. The van der Waals surface area contributed by atoms with Crippen LogP contribution >= 0.6 is 11.6 Å². The zero-order valence-electron chi connectivity index (χ0n) is 19.7. The van der Waals surface area contributed by atoms with Crippen molar-refractivity contribution < 1.29 is 4.79 Å². The first-order chi connectivity index (χ1) is 17.4. The number of nitrogens with two attached hydrogens (primary N) is 1. The smallest absolute Gasteiger partial charge is 0.254 e. The van der Waals surface area contributed by atoms with Crippen molar-refractivity contribution in [1.82, 2.24) is 40.3 Å². The Morgan fingerprint density at radius 3 is 2.92 bits per heavy atom. The van der Waals surface area contributed by atoms with Crippen LogP contribution in [0.15, 0.2) is 49.1 Å². The molecule has 0 bridgehead atoms.